The molecule has 0 aliphatic rings. The third-order valence-corrected chi connectivity index (χ3v) is 0.840. The molecule has 0 spiro atoms. The van der Waals surface area contributed by atoms with Crippen LogP contribution in [-0.4, -0.2) is 11.6 Å². The SMILES string of the molecule is CC.CCC(=O)CC(C)=O. The fourth-order valence-electron chi connectivity index (χ4n) is 0.403. The van der Waals surface area contributed by atoms with Gasteiger partial charge in [-0.1, -0.05) is 20.8 Å². The van der Waals surface area contributed by atoms with E-state index in [1.165, 1.54) is 6.92 Å². The molecule has 2 heteroatoms. The largest absolute Gasteiger partial charge is 0.300 e. The summed E-state index contributed by atoms with van der Waals surface area (Å²) in [5, 5.41) is 0. The summed E-state index contributed by atoms with van der Waals surface area (Å²) < 4.78 is 0. The number of hydrogen-bond acceptors (Lipinski definition) is 2. The summed E-state index contributed by atoms with van der Waals surface area (Å²) >= 11 is 0. The topological polar surface area (TPSA) is 34.1 Å². The van der Waals surface area contributed by atoms with Crippen LogP contribution in [0.3, 0.4) is 0 Å². The normalized spacial score (nSPS) is 7.60. The smallest absolute Gasteiger partial charge is 0.139 e. The molecule has 0 aliphatic heterocycles. The van der Waals surface area contributed by atoms with Crippen molar-refractivity contribution in [3.05, 3.63) is 0 Å². The Labute approximate surface area is 62.6 Å². The first-order chi connectivity index (χ1) is 4.66. The van der Waals surface area contributed by atoms with Gasteiger partial charge in [-0.15, -0.1) is 0 Å². The first-order valence-corrected chi connectivity index (χ1v) is 3.68. The predicted octanol–water partition coefficient (Wildman–Crippen LogP) is 1.97. The zero-order chi connectivity index (χ0) is 8.57. The summed E-state index contributed by atoms with van der Waals surface area (Å²) in [5.41, 5.74) is 0. The van der Waals surface area contributed by atoms with Gasteiger partial charge in [0, 0.05) is 6.42 Å². The van der Waals surface area contributed by atoms with E-state index in [9.17, 15) is 9.59 Å². The van der Waals surface area contributed by atoms with Gasteiger partial charge in [0.15, 0.2) is 0 Å². The van der Waals surface area contributed by atoms with E-state index in [1.54, 1.807) is 6.92 Å². The van der Waals surface area contributed by atoms with Gasteiger partial charge >= 0.3 is 0 Å². The lowest BCUT2D eigenvalue weighted by atomic mass is 10.2. The van der Waals surface area contributed by atoms with Crippen molar-refractivity contribution in [2.75, 3.05) is 0 Å². The van der Waals surface area contributed by atoms with Crippen molar-refractivity contribution >= 4 is 11.6 Å². The fourth-order valence-corrected chi connectivity index (χ4v) is 0.403. The second kappa shape index (κ2) is 8.34. The van der Waals surface area contributed by atoms with Gasteiger partial charge in [-0.25, -0.2) is 0 Å². The van der Waals surface area contributed by atoms with E-state index in [0.29, 0.717) is 6.42 Å². The minimum atomic E-state index is -0.0446. The van der Waals surface area contributed by atoms with Crippen molar-refractivity contribution in [2.24, 2.45) is 0 Å². The summed E-state index contributed by atoms with van der Waals surface area (Å²) in [6.45, 7) is 7.18. The zero-order valence-corrected chi connectivity index (χ0v) is 7.23. The minimum Gasteiger partial charge on any atom is -0.300 e. The molecule has 0 rings (SSSR count). The summed E-state index contributed by atoms with van der Waals surface area (Å²) in [7, 11) is 0. The van der Waals surface area contributed by atoms with Crippen LogP contribution in [-0.2, 0) is 9.59 Å². The van der Waals surface area contributed by atoms with Gasteiger partial charge in [-0.2, -0.15) is 0 Å². The minimum absolute atomic E-state index is 0.0255. The zero-order valence-electron chi connectivity index (χ0n) is 7.23. The quantitative estimate of drug-likeness (QED) is 0.567. The van der Waals surface area contributed by atoms with E-state index in [0.717, 1.165) is 0 Å². The van der Waals surface area contributed by atoms with Gasteiger partial charge in [0.05, 0.1) is 6.42 Å². The number of carbonyl (C=O) groups excluding carboxylic acids is 2. The van der Waals surface area contributed by atoms with E-state index in [-0.39, 0.29) is 18.0 Å². The Morgan fingerprint density at radius 1 is 1.20 bits per heavy atom. The Morgan fingerprint density at radius 3 is 1.70 bits per heavy atom. The van der Waals surface area contributed by atoms with Gasteiger partial charge in [-0.05, 0) is 6.92 Å². The number of rotatable bonds is 3. The van der Waals surface area contributed by atoms with Crippen LogP contribution in [0.5, 0.6) is 0 Å². The number of ketones is 2. The van der Waals surface area contributed by atoms with E-state index in [2.05, 4.69) is 0 Å². The highest BCUT2D eigenvalue weighted by Gasteiger charge is 1.99. The number of Topliss-reactive ketones (excluding diaryl/α,β-unsaturated/α-hetero) is 2. The Morgan fingerprint density at radius 2 is 1.60 bits per heavy atom. The van der Waals surface area contributed by atoms with E-state index in [1.807, 2.05) is 13.8 Å². The lowest BCUT2D eigenvalue weighted by Crippen LogP contribution is -2.01. The van der Waals surface area contributed by atoms with Crippen LogP contribution in [0.15, 0.2) is 0 Å². The van der Waals surface area contributed by atoms with Crippen LogP contribution in [0, 0.1) is 0 Å². The lowest BCUT2D eigenvalue weighted by molar-refractivity contribution is -0.125. The second-order valence-corrected chi connectivity index (χ2v) is 1.77. The van der Waals surface area contributed by atoms with Crippen LogP contribution in [0.2, 0.25) is 0 Å². The molecule has 0 aromatic carbocycles. The molecule has 0 bridgehead atoms. The van der Waals surface area contributed by atoms with Crippen LogP contribution >= 0.6 is 0 Å². The van der Waals surface area contributed by atoms with Gasteiger partial charge < -0.3 is 0 Å². The average Bonchev–Trinajstić information content (AvgIpc) is 1.91. The standard InChI is InChI=1S/C6H10O2.C2H6/c1-3-6(8)4-5(2)7;1-2/h3-4H2,1-2H3;1-2H3. The molecule has 0 fully saturated rings. The molecule has 0 amide bonds. The fraction of sp³-hybridized carbons (Fsp3) is 0.750. The van der Waals surface area contributed by atoms with Crippen LogP contribution in [0.1, 0.15) is 40.5 Å². The molecule has 0 heterocycles. The van der Waals surface area contributed by atoms with E-state index < -0.39 is 0 Å². The average molecular weight is 144 g/mol. The maximum atomic E-state index is 10.4. The molecule has 0 saturated heterocycles. The molecule has 0 aromatic heterocycles. The molecule has 0 atom stereocenters. The Hall–Kier alpha value is -0.660. The van der Waals surface area contributed by atoms with Crippen molar-refractivity contribution in [1.82, 2.24) is 0 Å². The molecule has 0 saturated carbocycles. The van der Waals surface area contributed by atoms with E-state index in [4.69, 9.17) is 0 Å². The van der Waals surface area contributed by atoms with Crippen molar-refractivity contribution in [3.8, 4) is 0 Å². The molecular weight excluding hydrogens is 128 g/mol. The van der Waals surface area contributed by atoms with Crippen LogP contribution in [0.4, 0.5) is 0 Å². The molecule has 0 aromatic rings. The predicted molar refractivity (Wildman–Crippen MR) is 41.9 cm³/mol. The van der Waals surface area contributed by atoms with Crippen LogP contribution in [0.25, 0.3) is 0 Å². The monoisotopic (exact) mass is 144 g/mol. The molecule has 0 radical (unpaired) electrons. The van der Waals surface area contributed by atoms with Crippen molar-refractivity contribution in [2.45, 2.75) is 40.5 Å². The van der Waals surface area contributed by atoms with Gasteiger partial charge in [0.2, 0.25) is 0 Å². The lowest BCUT2D eigenvalue weighted by Gasteiger charge is -1.87. The van der Waals surface area contributed by atoms with Crippen molar-refractivity contribution in [3.63, 3.8) is 0 Å². The maximum absolute atomic E-state index is 10.4. The van der Waals surface area contributed by atoms with Crippen molar-refractivity contribution < 1.29 is 9.59 Å². The maximum Gasteiger partial charge on any atom is 0.139 e. The summed E-state index contributed by atoms with van der Waals surface area (Å²) in [6.07, 6.45) is 0.579. The van der Waals surface area contributed by atoms with Gasteiger partial charge in [0.1, 0.15) is 11.6 Å². The molecule has 0 unspecified atom stereocenters. The first kappa shape index (κ1) is 12.1. The highest BCUT2D eigenvalue weighted by atomic mass is 16.1. The summed E-state index contributed by atoms with van der Waals surface area (Å²) in [5.74, 6) is -0.0191. The molecule has 0 N–H and O–H groups in total. The molecule has 2 nitrogen and oxygen atoms in total. The molecule has 10 heavy (non-hydrogen) atoms. The summed E-state index contributed by atoms with van der Waals surface area (Å²) in [4.78, 5) is 20.6. The van der Waals surface area contributed by atoms with Gasteiger partial charge in [-0.3, -0.25) is 9.59 Å². The highest BCUT2D eigenvalue weighted by molar-refractivity contribution is 5.97. The molecule has 60 valence electrons. The van der Waals surface area contributed by atoms with E-state index >= 15 is 0 Å². The number of hydrogen-bond donors (Lipinski definition) is 0. The van der Waals surface area contributed by atoms with Crippen LogP contribution < -0.4 is 0 Å². The molecule has 0 aliphatic carbocycles. The third-order valence-electron chi connectivity index (χ3n) is 0.840. The highest BCUT2D eigenvalue weighted by Crippen LogP contribution is 1.87. The third kappa shape index (κ3) is 10.3. The van der Waals surface area contributed by atoms with Crippen molar-refractivity contribution in [1.29, 1.82) is 0 Å². The second-order valence-electron chi connectivity index (χ2n) is 1.77. The molecular formula is C8H16O2. The van der Waals surface area contributed by atoms with Gasteiger partial charge in [0.25, 0.3) is 0 Å². The Bertz CT molecular complexity index is 106. The Balaban J connectivity index is 0. The number of carbonyl (C=O) groups is 2. The summed E-state index contributed by atoms with van der Waals surface area (Å²) in [6, 6.07) is 0. The Kier molecular flexibility index (Phi) is 10.1. The first-order valence-electron chi connectivity index (χ1n) is 3.68.